The van der Waals surface area contributed by atoms with Gasteiger partial charge >= 0.3 is 0 Å². The predicted octanol–water partition coefficient (Wildman–Crippen LogP) is 3.97. The fourth-order valence-corrected chi connectivity index (χ4v) is 2.73. The molecule has 1 aliphatic carbocycles. The molecule has 1 aromatic carbocycles. The van der Waals surface area contributed by atoms with E-state index in [1.54, 1.807) is 7.11 Å². The van der Waals surface area contributed by atoms with Crippen molar-refractivity contribution in [3.8, 4) is 11.8 Å². The van der Waals surface area contributed by atoms with E-state index in [9.17, 15) is 5.26 Å². The Morgan fingerprint density at radius 2 is 2.00 bits per heavy atom. The number of anilines is 1. The molecule has 19 heavy (non-hydrogen) atoms. The average molecular weight is 258 g/mol. The predicted molar refractivity (Wildman–Crippen MR) is 77.2 cm³/mol. The van der Waals surface area contributed by atoms with E-state index in [0.717, 1.165) is 43.0 Å². The summed E-state index contributed by atoms with van der Waals surface area (Å²) in [6.07, 6.45) is 5.33. The molecule has 2 unspecified atom stereocenters. The highest BCUT2D eigenvalue weighted by atomic mass is 16.5. The van der Waals surface area contributed by atoms with Gasteiger partial charge in [0.2, 0.25) is 0 Å². The van der Waals surface area contributed by atoms with Gasteiger partial charge in [0.25, 0.3) is 0 Å². The van der Waals surface area contributed by atoms with Crippen molar-refractivity contribution in [2.24, 2.45) is 5.92 Å². The van der Waals surface area contributed by atoms with Crippen molar-refractivity contribution in [3.63, 3.8) is 0 Å². The third-order valence-corrected chi connectivity index (χ3v) is 4.05. The van der Waals surface area contributed by atoms with Gasteiger partial charge in [-0.25, -0.2) is 0 Å². The Morgan fingerprint density at radius 3 is 2.63 bits per heavy atom. The lowest BCUT2D eigenvalue weighted by molar-refractivity contribution is 0.415. The van der Waals surface area contributed by atoms with Crippen LogP contribution < -0.4 is 10.1 Å². The second kappa shape index (κ2) is 5.97. The summed E-state index contributed by atoms with van der Waals surface area (Å²) < 4.78 is 5.15. The summed E-state index contributed by atoms with van der Waals surface area (Å²) in [4.78, 5) is 0. The minimum Gasteiger partial charge on any atom is -0.497 e. The van der Waals surface area contributed by atoms with E-state index in [0.29, 0.717) is 0 Å². The van der Waals surface area contributed by atoms with Crippen LogP contribution in [0.1, 0.15) is 39.0 Å². The number of nitrogens with one attached hydrogen (secondary N) is 1. The molecular weight excluding hydrogens is 236 g/mol. The molecule has 3 heteroatoms. The first-order valence-corrected chi connectivity index (χ1v) is 7.01. The highest BCUT2D eigenvalue weighted by molar-refractivity contribution is 5.50. The summed E-state index contributed by atoms with van der Waals surface area (Å²) in [7, 11) is 1.66. The number of methoxy groups -OCH3 is 1. The van der Waals surface area contributed by atoms with Crippen LogP contribution in [0.5, 0.6) is 5.75 Å². The Hall–Kier alpha value is -1.69. The smallest absolute Gasteiger partial charge is 0.125 e. The number of rotatable bonds is 3. The Morgan fingerprint density at radius 1 is 1.26 bits per heavy atom. The zero-order valence-corrected chi connectivity index (χ0v) is 11.8. The molecule has 2 rings (SSSR count). The Balaban J connectivity index is 2.11. The van der Waals surface area contributed by atoms with Crippen LogP contribution in [0.15, 0.2) is 24.3 Å². The van der Waals surface area contributed by atoms with Crippen LogP contribution in [0.25, 0.3) is 0 Å². The Bertz CT molecular complexity index is 449. The van der Waals surface area contributed by atoms with Crippen molar-refractivity contribution in [3.05, 3.63) is 24.3 Å². The molecule has 0 amide bonds. The van der Waals surface area contributed by atoms with Gasteiger partial charge in [0.15, 0.2) is 0 Å². The fraction of sp³-hybridized carbons (Fsp3) is 0.562. The van der Waals surface area contributed by atoms with Crippen LogP contribution >= 0.6 is 0 Å². The number of ether oxygens (including phenoxy) is 1. The van der Waals surface area contributed by atoms with Crippen LogP contribution in [0.3, 0.4) is 0 Å². The van der Waals surface area contributed by atoms with Gasteiger partial charge in [-0.2, -0.15) is 5.26 Å². The summed E-state index contributed by atoms with van der Waals surface area (Å²) in [6, 6.07) is 10.3. The van der Waals surface area contributed by atoms with Crippen LogP contribution in [0, 0.1) is 17.2 Å². The van der Waals surface area contributed by atoms with Gasteiger partial charge in [-0.15, -0.1) is 0 Å². The van der Waals surface area contributed by atoms with Crippen LogP contribution in [-0.4, -0.2) is 12.6 Å². The van der Waals surface area contributed by atoms with Gasteiger partial charge in [-0.3, -0.25) is 0 Å². The first-order valence-electron chi connectivity index (χ1n) is 7.01. The van der Waals surface area contributed by atoms with Crippen molar-refractivity contribution in [2.75, 3.05) is 12.4 Å². The minimum absolute atomic E-state index is 0.403. The lowest BCUT2D eigenvalue weighted by Gasteiger charge is -2.27. The van der Waals surface area contributed by atoms with Gasteiger partial charge in [-0.1, -0.05) is 13.3 Å². The number of hydrogen-bond acceptors (Lipinski definition) is 3. The number of benzene rings is 1. The maximum Gasteiger partial charge on any atom is 0.125 e. The summed E-state index contributed by atoms with van der Waals surface area (Å²) in [6.45, 7) is 2.28. The molecule has 3 nitrogen and oxygen atoms in total. The maximum atomic E-state index is 9.58. The summed E-state index contributed by atoms with van der Waals surface area (Å²) in [5.41, 5.74) is 0.594. The zero-order valence-electron chi connectivity index (χ0n) is 11.8. The SMILES string of the molecule is COc1ccc(NC2(C#N)CCCC(C)CC2)cc1. The summed E-state index contributed by atoms with van der Waals surface area (Å²) in [5.74, 6) is 1.57. The molecule has 0 saturated heterocycles. The summed E-state index contributed by atoms with van der Waals surface area (Å²) in [5, 5.41) is 13.0. The second-order valence-electron chi connectivity index (χ2n) is 5.58. The van der Waals surface area contributed by atoms with E-state index in [1.807, 2.05) is 24.3 Å². The lowest BCUT2D eigenvalue weighted by Crippen LogP contribution is -2.36. The van der Waals surface area contributed by atoms with Crippen molar-refractivity contribution >= 4 is 5.69 Å². The number of hydrogen-bond donors (Lipinski definition) is 1. The Labute approximate surface area is 115 Å². The van der Waals surface area contributed by atoms with Gasteiger partial charge < -0.3 is 10.1 Å². The van der Waals surface area contributed by atoms with Crippen LogP contribution in [0.4, 0.5) is 5.69 Å². The van der Waals surface area contributed by atoms with Crippen LogP contribution in [0.2, 0.25) is 0 Å². The standard InChI is InChI=1S/C16H22N2O/c1-13-4-3-10-16(12-17,11-9-13)18-14-5-7-15(19-2)8-6-14/h5-8,13,18H,3-4,9-11H2,1-2H3. The maximum absolute atomic E-state index is 9.58. The molecule has 0 heterocycles. The van der Waals surface area contributed by atoms with Gasteiger partial charge in [-0.05, 0) is 55.9 Å². The van der Waals surface area contributed by atoms with E-state index >= 15 is 0 Å². The number of nitrogens with zero attached hydrogens (tertiary/aromatic N) is 1. The highest BCUT2D eigenvalue weighted by Gasteiger charge is 2.32. The fourth-order valence-electron chi connectivity index (χ4n) is 2.73. The molecule has 102 valence electrons. The topological polar surface area (TPSA) is 45.0 Å². The molecule has 1 fully saturated rings. The molecular formula is C16H22N2O. The first kappa shape index (κ1) is 13.7. The van der Waals surface area contributed by atoms with Gasteiger partial charge in [0.05, 0.1) is 13.2 Å². The molecule has 0 bridgehead atoms. The van der Waals surface area contributed by atoms with Crippen LogP contribution in [-0.2, 0) is 0 Å². The lowest BCUT2D eigenvalue weighted by atomic mass is 9.91. The number of nitriles is 1. The molecule has 1 N–H and O–H groups in total. The molecule has 1 aliphatic rings. The first-order chi connectivity index (χ1) is 9.17. The monoisotopic (exact) mass is 258 g/mol. The molecule has 1 saturated carbocycles. The molecule has 2 atom stereocenters. The van der Waals surface area contributed by atoms with E-state index in [-0.39, 0.29) is 0 Å². The van der Waals surface area contributed by atoms with E-state index in [2.05, 4.69) is 18.3 Å². The molecule has 0 aromatic heterocycles. The van der Waals surface area contributed by atoms with E-state index in [1.165, 1.54) is 6.42 Å². The quantitative estimate of drug-likeness (QED) is 0.834. The van der Waals surface area contributed by atoms with Crippen molar-refractivity contribution in [1.29, 1.82) is 5.26 Å². The second-order valence-corrected chi connectivity index (χ2v) is 5.58. The largest absolute Gasteiger partial charge is 0.497 e. The van der Waals surface area contributed by atoms with Gasteiger partial charge in [0.1, 0.15) is 11.3 Å². The van der Waals surface area contributed by atoms with Crippen molar-refractivity contribution < 1.29 is 4.74 Å². The Kier molecular flexibility index (Phi) is 4.31. The third-order valence-electron chi connectivity index (χ3n) is 4.05. The van der Waals surface area contributed by atoms with E-state index in [4.69, 9.17) is 4.74 Å². The molecule has 0 aliphatic heterocycles. The zero-order chi connectivity index (χ0) is 13.7. The minimum atomic E-state index is -0.403. The van der Waals surface area contributed by atoms with Gasteiger partial charge in [0, 0.05) is 5.69 Å². The van der Waals surface area contributed by atoms with Crippen molar-refractivity contribution in [1.82, 2.24) is 0 Å². The molecule has 1 aromatic rings. The normalized spacial score (nSPS) is 27.1. The third kappa shape index (κ3) is 3.41. The molecule has 0 radical (unpaired) electrons. The van der Waals surface area contributed by atoms with Crippen molar-refractivity contribution in [2.45, 2.75) is 44.6 Å². The average Bonchev–Trinajstić information content (AvgIpc) is 2.63. The molecule has 0 spiro atoms. The highest BCUT2D eigenvalue weighted by Crippen LogP contribution is 2.33. The summed E-state index contributed by atoms with van der Waals surface area (Å²) >= 11 is 0. The van der Waals surface area contributed by atoms with E-state index < -0.39 is 5.54 Å².